The van der Waals surface area contributed by atoms with Gasteiger partial charge in [0.05, 0.1) is 11.8 Å². The van der Waals surface area contributed by atoms with Crippen molar-refractivity contribution in [1.29, 1.82) is 0 Å². The first-order chi connectivity index (χ1) is 9.37. The van der Waals surface area contributed by atoms with E-state index in [4.69, 9.17) is 5.11 Å². The molecule has 0 saturated carbocycles. The minimum Gasteiger partial charge on any atom is -0.481 e. The highest BCUT2D eigenvalue weighted by atomic mass is 16.4. The van der Waals surface area contributed by atoms with E-state index >= 15 is 0 Å². The van der Waals surface area contributed by atoms with Gasteiger partial charge in [-0.05, 0) is 25.5 Å². The van der Waals surface area contributed by atoms with E-state index in [1.807, 2.05) is 6.07 Å². The lowest BCUT2D eigenvalue weighted by molar-refractivity contribution is -0.439. The average molecular weight is 274 g/mol. The van der Waals surface area contributed by atoms with E-state index in [1.165, 1.54) is 29.8 Å². The van der Waals surface area contributed by atoms with Gasteiger partial charge in [-0.15, -0.1) is 0 Å². The summed E-state index contributed by atoms with van der Waals surface area (Å²) in [5.74, 6) is -0.774. The van der Waals surface area contributed by atoms with E-state index in [-0.39, 0.29) is 11.8 Å². The minimum atomic E-state index is -0.774. The predicted molar refractivity (Wildman–Crippen MR) is 81.2 cm³/mol. The molecule has 0 aromatic heterocycles. The van der Waals surface area contributed by atoms with Crippen molar-refractivity contribution in [2.45, 2.75) is 52.4 Å². The smallest absolute Gasteiger partial charge is 0.307 e. The van der Waals surface area contributed by atoms with Gasteiger partial charge >= 0.3 is 5.97 Å². The molecule has 3 heteroatoms. The summed E-state index contributed by atoms with van der Waals surface area (Å²) in [5.41, 5.74) is 4.72. The molecule has 20 heavy (non-hydrogen) atoms. The van der Waals surface area contributed by atoms with Gasteiger partial charge in [-0.2, -0.15) is 4.58 Å². The zero-order valence-corrected chi connectivity index (χ0v) is 12.9. The third-order valence-electron chi connectivity index (χ3n) is 4.43. The normalized spacial score (nSPS) is 16.4. The van der Waals surface area contributed by atoms with Crippen molar-refractivity contribution in [2.75, 3.05) is 6.54 Å². The van der Waals surface area contributed by atoms with Crippen molar-refractivity contribution in [2.24, 2.45) is 0 Å². The zero-order valence-electron chi connectivity index (χ0n) is 12.9. The number of aliphatic carboxylic acids is 1. The van der Waals surface area contributed by atoms with Gasteiger partial charge in [0.25, 0.3) is 0 Å². The molecular formula is C17H24NO2+. The molecule has 0 radical (unpaired) electrons. The van der Waals surface area contributed by atoms with Crippen LogP contribution in [0.4, 0.5) is 5.69 Å². The summed E-state index contributed by atoms with van der Waals surface area (Å²) < 4.78 is 2.39. The number of nitrogens with zero attached hydrogens (tertiary/aromatic N) is 1. The summed E-state index contributed by atoms with van der Waals surface area (Å²) in [4.78, 5) is 10.9. The maximum atomic E-state index is 10.9. The molecule has 1 aromatic rings. The molecule has 1 aromatic carbocycles. The van der Waals surface area contributed by atoms with Crippen molar-refractivity contribution < 1.29 is 14.5 Å². The summed E-state index contributed by atoms with van der Waals surface area (Å²) in [6.07, 6.45) is 2.44. The standard InChI is InChI=1S/C17H23NO2/c1-5-6-9-18-12(2)17(3,4)14-10-13(11-16(19)20)7-8-15(14)18/h7-8,10H,5-6,9,11H2,1-4H3/p+1. The number of hydrogen-bond acceptors (Lipinski definition) is 1. The first-order valence-electron chi connectivity index (χ1n) is 7.34. The quantitative estimate of drug-likeness (QED) is 0.835. The highest BCUT2D eigenvalue weighted by molar-refractivity contribution is 5.93. The fourth-order valence-electron chi connectivity index (χ4n) is 2.92. The minimum absolute atomic E-state index is 0.0163. The van der Waals surface area contributed by atoms with Gasteiger partial charge in [0.15, 0.2) is 5.71 Å². The lowest BCUT2D eigenvalue weighted by Gasteiger charge is -2.15. The Hall–Kier alpha value is -1.64. The Kier molecular flexibility index (Phi) is 3.98. The number of carboxylic acids is 1. The molecule has 0 atom stereocenters. The second kappa shape index (κ2) is 5.39. The molecule has 0 fully saturated rings. The Morgan fingerprint density at radius 3 is 2.65 bits per heavy atom. The zero-order chi connectivity index (χ0) is 14.9. The molecule has 0 aliphatic carbocycles. The molecule has 0 bridgehead atoms. The second-order valence-electron chi connectivity index (χ2n) is 6.14. The topological polar surface area (TPSA) is 40.3 Å². The summed E-state index contributed by atoms with van der Waals surface area (Å²) in [6.45, 7) is 9.87. The van der Waals surface area contributed by atoms with Gasteiger partial charge in [0, 0.05) is 25.0 Å². The molecular weight excluding hydrogens is 250 g/mol. The molecule has 0 unspecified atom stereocenters. The SMILES string of the molecule is CCCC[N+]1=C(C)C(C)(C)c2cc(CC(=O)O)ccc21. The first-order valence-corrected chi connectivity index (χ1v) is 7.34. The summed E-state index contributed by atoms with van der Waals surface area (Å²) >= 11 is 0. The van der Waals surface area contributed by atoms with Crippen molar-refractivity contribution in [3.05, 3.63) is 29.3 Å². The molecule has 0 amide bonds. The molecule has 3 nitrogen and oxygen atoms in total. The molecule has 1 aliphatic heterocycles. The van der Waals surface area contributed by atoms with Crippen LogP contribution in [0.15, 0.2) is 18.2 Å². The monoisotopic (exact) mass is 274 g/mol. The van der Waals surface area contributed by atoms with Gasteiger partial charge in [0.2, 0.25) is 5.69 Å². The molecule has 1 aliphatic rings. The third kappa shape index (κ3) is 2.49. The van der Waals surface area contributed by atoms with Gasteiger partial charge in [-0.3, -0.25) is 4.79 Å². The average Bonchev–Trinajstić information content (AvgIpc) is 2.56. The Balaban J connectivity index is 2.43. The highest BCUT2D eigenvalue weighted by Gasteiger charge is 2.42. The van der Waals surface area contributed by atoms with Crippen LogP contribution in [0.1, 0.15) is 51.7 Å². The van der Waals surface area contributed by atoms with Crippen LogP contribution >= 0.6 is 0 Å². The van der Waals surface area contributed by atoms with Crippen molar-refractivity contribution in [3.63, 3.8) is 0 Å². The highest BCUT2D eigenvalue weighted by Crippen LogP contribution is 2.40. The van der Waals surface area contributed by atoms with Crippen LogP contribution in [0.25, 0.3) is 0 Å². The summed E-state index contributed by atoms with van der Waals surface area (Å²) in [6, 6.07) is 6.10. The summed E-state index contributed by atoms with van der Waals surface area (Å²) in [5, 5.41) is 8.95. The molecule has 2 rings (SSSR count). The molecule has 108 valence electrons. The fourth-order valence-corrected chi connectivity index (χ4v) is 2.92. The third-order valence-corrected chi connectivity index (χ3v) is 4.43. The van der Waals surface area contributed by atoms with Crippen molar-refractivity contribution >= 4 is 17.4 Å². The van der Waals surface area contributed by atoms with Crippen LogP contribution in [0, 0.1) is 0 Å². The Morgan fingerprint density at radius 2 is 2.05 bits per heavy atom. The van der Waals surface area contributed by atoms with E-state index in [2.05, 4.69) is 44.4 Å². The maximum Gasteiger partial charge on any atom is 0.307 e. The largest absolute Gasteiger partial charge is 0.481 e. The Morgan fingerprint density at radius 1 is 1.35 bits per heavy atom. The van der Waals surface area contributed by atoms with Crippen LogP contribution in [-0.4, -0.2) is 27.9 Å². The maximum absolute atomic E-state index is 10.9. The van der Waals surface area contributed by atoms with E-state index in [0.29, 0.717) is 0 Å². The van der Waals surface area contributed by atoms with Crippen LogP contribution in [0.5, 0.6) is 0 Å². The molecule has 1 N–H and O–H groups in total. The number of carbonyl (C=O) groups is 1. The Labute approximate surface area is 121 Å². The van der Waals surface area contributed by atoms with Crippen molar-refractivity contribution in [1.82, 2.24) is 0 Å². The van der Waals surface area contributed by atoms with Crippen LogP contribution < -0.4 is 0 Å². The van der Waals surface area contributed by atoms with Gasteiger partial charge in [-0.1, -0.05) is 19.4 Å². The van der Waals surface area contributed by atoms with E-state index in [1.54, 1.807) is 0 Å². The fraction of sp³-hybridized carbons (Fsp3) is 0.529. The number of rotatable bonds is 5. The molecule has 0 saturated heterocycles. The number of benzene rings is 1. The number of unbranched alkanes of at least 4 members (excludes halogenated alkanes) is 1. The van der Waals surface area contributed by atoms with E-state index in [9.17, 15) is 4.79 Å². The van der Waals surface area contributed by atoms with Crippen molar-refractivity contribution in [3.8, 4) is 0 Å². The summed E-state index contributed by atoms with van der Waals surface area (Å²) in [7, 11) is 0. The lowest BCUT2D eigenvalue weighted by Crippen LogP contribution is -2.26. The van der Waals surface area contributed by atoms with Crippen LogP contribution in [0.3, 0.4) is 0 Å². The molecule has 0 spiro atoms. The first kappa shape index (κ1) is 14.8. The van der Waals surface area contributed by atoms with Crippen LogP contribution in [-0.2, 0) is 16.6 Å². The van der Waals surface area contributed by atoms with Gasteiger partial charge < -0.3 is 5.11 Å². The van der Waals surface area contributed by atoms with E-state index in [0.717, 1.165) is 12.1 Å². The molecule has 1 heterocycles. The van der Waals surface area contributed by atoms with Crippen LogP contribution in [0.2, 0.25) is 0 Å². The van der Waals surface area contributed by atoms with Gasteiger partial charge in [0.1, 0.15) is 6.54 Å². The number of fused-ring (bicyclic) bond motifs is 1. The number of hydrogen-bond donors (Lipinski definition) is 1. The number of carboxylic acid groups (broad SMARTS) is 1. The predicted octanol–water partition coefficient (Wildman–Crippen LogP) is 3.51. The second-order valence-corrected chi connectivity index (χ2v) is 6.14. The van der Waals surface area contributed by atoms with Gasteiger partial charge in [-0.25, -0.2) is 0 Å². The van der Waals surface area contributed by atoms with E-state index < -0.39 is 5.97 Å². The lowest BCUT2D eigenvalue weighted by atomic mass is 9.81. The Bertz CT molecular complexity index is 570.